The molecule has 4 saturated carbocycles. The van der Waals surface area contributed by atoms with E-state index < -0.39 is 0 Å². The Morgan fingerprint density at radius 2 is 0.883 bits per heavy atom. The van der Waals surface area contributed by atoms with Gasteiger partial charge in [-0.3, -0.25) is 0 Å². The Labute approximate surface area is 355 Å². The lowest BCUT2D eigenvalue weighted by Gasteiger charge is -2.57. The van der Waals surface area contributed by atoms with Gasteiger partial charge in [0.25, 0.3) is 0 Å². The van der Waals surface area contributed by atoms with Crippen LogP contribution in [0.1, 0.15) is 69.1 Å². The minimum absolute atomic E-state index is 0.0888. The van der Waals surface area contributed by atoms with E-state index in [-0.39, 0.29) is 5.41 Å². The molecule has 8 aromatic carbocycles. The van der Waals surface area contributed by atoms with E-state index in [1.807, 2.05) is 0 Å². The number of hydrogen-bond acceptors (Lipinski definition) is 1. The number of hydrogen-bond donors (Lipinski definition) is 0. The molecule has 0 spiro atoms. The third-order valence-electron chi connectivity index (χ3n) is 15.2. The lowest BCUT2D eigenvalue weighted by Crippen LogP contribution is -2.48. The van der Waals surface area contributed by atoms with Crippen LogP contribution in [0.25, 0.3) is 55.3 Å². The van der Waals surface area contributed by atoms with Crippen LogP contribution in [0, 0.1) is 17.8 Å². The zero-order chi connectivity index (χ0) is 40.0. The molecule has 4 bridgehead atoms. The van der Waals surface area contributed by atoms with Gasteiger partial charge in [0.15, 0.2) is 0 Å². The van der Waals surface area contributed by atoms with Crippen LogP contribution in [0.5, 0.6) is 0 Å². The molecule has 4 fully saturated rings. The van der Waals surface area contributed by atoms with Gasteiger partial charge in [-0.2, -0.15) is 0 Å². The Hall–Kier alpha value is -6.18. The summed E-state index contributed by atoms with van der Waals surface area (Å²) in [6.07, 6.45) is 8.69. The average Bonchev–Trinajstić information content (AvgIpc) is 3.51. The largest absolute Gasteiger partial charge is 0.310 e. The van der Waals surface area contributed by atoms with Crippen molar-refractivity contribution in [2.75, 3.05) is 4.90 Å². The Morgan fingerprint density at radius 1 is 0.400 bits per heavy atom. The van der Waals surface area contributed by atoms with Gasteiger partial charge in [0, 0.05) is 22.5 Å². The van der Waals surface area contributed by atoms with Crippen LogP contribution in [-0.2, 0) is 10.8 Å². The van der Waals surface area contributed by atoms with Crippen molar-refractivity contribution in [3.8, 4) is 44.5 Å². The van der Waals surface area contributed by atoms with Crippen molar-refractivity contribution in [2.45, 2.75) is 63.2 Å². The van der Waals surface area contributed by atoms with Gasteiger partial charge >= 0.3 is 0 Å². The Kier molecular flexibility index (Phi) is 8.15. The molecule has 0 radical (unpaired) electrons. The number of rotatable bonds is 7. The summed E-state index contributed by atoms with van der Waals surface area (Å²) in [5.74, 6) is 2.88. The fraction of sp³-hybridized carbons (Fsp3) is 0.220. The van der Waals surface area contributed by atoms with Crippen LogP contribution in [0.15, 0.2) is 182 Å². The van der Waals surface area contributed by atoms with Crippen LogP contribution < -0.4 is 4.90 Å². The van der Waals surface area contributed by atoms with E-state index in [9.17, 15) is 0 Å². The Balaban J connectivity index is 0.920. The average molecular weight is 774 g/mol. The summed E-state index contributed by atoms with van der Waals surface area (Å²) in [5, 5.41) is 2.54. The standard InChI is InChI=1S/C59H51N/c1-58(2)55-17-7-6-14-53(55)54-31-30-50(35-56(54)58)60(49-28-22-45(23-29-49)52-16-9-13-46-12-8-15-51(57(46)52)44-10-4-3-5-11-44)48-26-20-43(21-27-48)42-18-24-47(25-19-42)59-36-39-32-40(37-59)34-41(33-39)38-59/h3-31,35,39-41H,32-34,36-38H2,1-2H3. The molecular weight excluding hydrogens is 723 g/mol. The van der Waals surface area contributed by atoms with Crippen LogP contribution in [0.4, 0.5) is 17.1 Å². The van der Waals surface area contributed by atoms with Crippen LogP contribution in [0.3, 0.4) is 0 Å². The van der Waals surface area contributed by atoms with Crippen molar-refractivity contribution in [3.63, 3.8) is 0 Å². The van der Waals surface area contributed by atoms with Crippen molar-refractivity contribution in [3.05, 3.63) is 199 Å². The van der Waals surface area contributed by atoms with Crippen molar-refractivity contribution >= 4 is 27.8 Å². The maximum absolute atomic E-state index is 2.48. The zero-order valence-electron chi connectivity index (χ0n) is 34.7. The summed E-state index contributed by atoms with van der Waals surface area (Å²) in [4.78, 5) is 2.45. The SMILES string of the molecule is CC1(C)c2ccccc2-c2ccc(N(c3ccc(-c4ccc(C56CC7CC(CC(C7)C5)C6)cc4)cc3)c3ccc(-c4cccc5cccc(-c6ccccc6)c45)cc3)cc21. The fourth-order valence-electron chi connectivity index (χ4n) is 12.8. The molecular formula is C59H51N. The second-order valence-electron chi connectivity index (χ2n) is 19.2. The summed E-state index contributed by atoms with van der Waals surface area (Å²) in [5.41, 5.74) is 18.4. The highest BCUT2D eigenvalue weighted by atomic mass is 15.1. The van der Waals surface area contributed by atoms with E-state index >= 15 is 0 Å². The third-order valence-corrected chi connectivity index (χ3v) is 15.2. The highest BCUT2D eigenvalue weighted by Crippen LogP contribution is 2.61. The van der Waals surface area contributed by atoms with Crippen molar-refractivity contribution in [1.29, 1.82) is 0 Å². The van der Waals surface area contributed by atoms with E-state index in [1.54, 1.807) is 5.56 Å². The molecule has 5 aliphatic rings. The van der Waals surface area contributed by atoms with Gasteiger partial charge in [-0.25, -0.2) is 0 Å². The Morgan fingerprint density at radius 3 is 1.50 bits per heavy atom. The summed E-state index contributed by atoms with van der Waals surface area (Å²) in [6.45, 7) is 4.75. The first-order valence-electron chi connectivity index (χ1n) is 22.3. The second kappa shape index (κ2) is 13.7. The molecule has 8 aromatic rings. The monoisotopic (exact) mass is 773 g/mol. The molecule has 0 aromatic heterocycles. The molecule has 0 heterocycles. The molecule has 292 valence electrons. The van der Waals surface area contributed by atoms with Crippen LogP contribution >= 0.6 is 0 Å². The van der Waals surface area contributed by atoms with Gasteiger partial charge in [0.05, 0.1) is 0 Å². The molecule has 13 rings (SSSR count). The lowest BCUT2D eigenvalue weighted by molar-refractivity contribution is -0.00518. The number of benzene rings is 8. The first-order valence-corrected chi connectivity index (χ1v) is 22.3. The molecule has 1 nitrogen and oxygen atoms in total. The maximum atomic E-state index is 2.48. The summed E-state index contributed by atoms with van der Waals surface area (Å²) in [6, 6.07) is 68.5. The molecule has 1 heteroatoms. The molecule has 0 N–H and O–H groups in total. The molecule has 0 aliphatic heterocycles. The quantitative estimate of drug-likeness (QED) is 0.156. The van der Waals surface area contributed by atoms with Gasteiger partial charge in [-0.05, 0) is 170 Å². The predicted octanol–water partition coefficient (Wildman–Crippen LogP) is 16.1. The first-order chi connectivity index (χ1) is 29.4. The summed E-state index contributed by atoms with van der Waals surface area (Å²) >= 11 is 0. The molecule has 5 aliphatic carbocycles. The third kappa shape index (κ3) is 5.73. The zero-order valence-corrected chi connectivity index (χ0v) is 34.7. The van der Waals surface area contributed by atoms with E-state index in [1.165, 1.54) is 111 Å². The van der Waals surface area contributed by atoms with Gasteiger partial charge in [-0.15, -0.1) is 0 Å². The van der Waals surface area contributed by atoms with Crippen LogP contribution in [0.2, 0.25) is 0 Å². The second-order valence-corrected chi connectivity index (χ2v) is 19.2. The first kappa shape index (κ1) is 35.7. The van der Waals surface area contributed by atoms with Crippen molar-refractivity contribution in [1.82, 2.24) is 0 Å². The minimum Gasteiger partial charge on any atom is -0.310 e. The smallest absolute Gasteiger partial charge is 0.0465 e. The molecule has 60 heavy (non-hydrogen) atoms. The number of anilines is 3. The van der Waals surface area contributed by atoms with Crippen LogP contribution in [-0.4, -0.2) is 0 Å². The Bertz CT molecular complexity index is 2860. The van der Waals surface area contributed by atoms with E-state index in [4.69, 9.17) is 0 Å². The normalized spacial score (nSPS) is 21.8. The lowest BCUT2D eigenvalue weighted by atomic mass is 9.48. The van der Waals surface area contributed by atoms with Gasteiger partial charge in [0.2, 0.25) is 0 Å². The summed E-state index contributed by atoms with van der Waals surface area (Å²) < 4.78 is 0. The minimum atomic E-state index is -0.0888. The summed E-state index contributed by atoms with van der Waals surface area (Å²) in [7, 11) is 0. The van der Waals surface area contributed by atoms with E-state index in [2.05, 4.69) is 201 Å². The highest BCUT2D eigenvalue weighted by molar-refractivity contribution is 6.06. The van der Waals surface area contributed by atoms with E-state index in [0.717, 1.165) is 29.1 Å². The maximum Gasteiger partial charge on any atom is 0.0465 e. The topological polar surface area (TPSA) is 3.24 Å². The fourth-order valence-corrected chi connectivity index (χ4v) is 12.8. The van der Waals surface area contributed by atoms with E-state index in [0.29, 0.717) is 5.41 Å². The molecule has 0 unspecified atom stereocenters. The number of fused-ring (bicyclic) bond motifs is 4. The molecule has 0 saturated heterocycles. The van der Waals surface area contributed by atoms with Crippen molar-refractivity contribution < 1.29 is 0 Å². The van der Waals surface area contributed by atoms with Crippen molar-refractivity contribution in [2.24, 2.45) is 17.8 Å². The predicted molar refractivity (Wildman–Crippen MR) is 252 cm³/mol. The highest BCUT2D eigenvalue weighted by Gasteiger charge is 2.51. The molecule has 0 atom stereocenters. The van der Waals surface area contributed by atoms with Gasteiger partial charge in [-0.1, -0.05) is 159 Å². The van der Waals surface area contributed by atoms with Gasteiger partial charge in [0.1, 0.15) is 0 Å². The number of nitrogens with zero attached hydrogens (tertiary/aromatic N) is 1. The molecule has 0 amide bonds. The van der Waals surface area contributed by atoms with Gasteiger partial charge < -0.3 is 4.90 Å².